The van der Waals surface area contributed by atoms with Crippen LogP contribution < -0.4 is 9.47 Å². The summed E-state index contributed by atoms with van der Waals surface area (Å²) >= 11 is 0. The number of para-hydroxylation sites is 2. The van der Waals surface area contributed by atoms with Crippen LogP contribution >= 0.6 is 0 Å². The first-order valence-corrected chi connectivity index (χ1v) is 12.4. The van der Waals surface area contributed by atoms with Gasteiger partial charge in [0, 0.05) is 44.7 Å². The van der Waals surface area contributed by atoms with Gasteiger partial charge in [0.15, 0.2) is 0 Å². The maximum absolute atomic E-state index is 6.47. The summed E-state index contributed by atoms with van der Waals surface area (Å²) < 4.78 is 14.8. The second kappa shape index (κ2) is 7.41. The first kappa shape index (κ1) is 21.1. The molecule has 3 heterocycles. The fourth-order valence-electron chi connectivity index (χ4n) is 5.81. The molecular weight excluding hydrogens is 444 g/mol. The minimum Gasteiger partial charge on any atom is -0.495 e. The molecule has 1 aliphatic heterocycles. The molecule has 4 heteroatoms. The molecule has 1 N–H and O–H groups in total. The Bertz CT molecular complexity index is 1870. The van der Waals surface area contributed by atoms with Crippen LogP contribution in [0.25, 0.3) is 49.7 Å². The average molecular weight is 473 g/mol. The van der Waals surface area contributed by atoms with Crippen LogP contribution in [-0.4, -0.2) is 22.3 Å². The lowest BCUT2D eigenvalue weighted by Crippen LogP contribution is -2.28. The maximum atomic E-state index is 6.47. The van der Waals surface area contributed by atoms with Gasteiger partial charge in [0.1, 0.15) is 17.1 Å². The van der Waals surface area contributed by atoms with Crippen molar-refractivity contribution in [3.05, 3.63) is 89.5 Å². The van der Waals surface area contributed by atoms with Gasteiger partial charge in [0.05, 0.1) is 18.1 Å². The number of aromatic nitrogens is 2. The van der Waals surface area contributed by atoms with E-state index in [2.05, 4.69) is 109 Å². The number of fused-ring (bicyclic) bond motifs is 8. The van der Waals surface area contributed by atoms with E-state index in [1.54, 1.807) is 7.11 Å². The monoisotopic (exact) mass is 472 g/mol. The van der Waals surface area contributed by atoms with Crippen molar-refractivity contribution < 1.29 is 9.47 Å². The molecule has 178 valence electrons. The van der Waals surface area contributed by atoms with E-state index in [9.17, 15) is 0 Å². The lowest BCUT2D eigenvalue weighted by Gasteiger charge is -2.29. The number of ether oxygens (including phenoxy) is 2. The smallest absolute Gasteiger partial charge is 0.143 e. The number of methoxy groups -OCH3 is 1. The lowest BCUT2D eigenvalue weighted by atomic mass is 9.97. The third-order valence-electron chi connectivity index (χ3n) is 7.44. The third kappa shape index (κ3) is 3.00. The molecule has 0 amide bonds. The van der Waals surface area contributed by atoms with E-state index in [0.717, 1.165) is 34.6 Å². The molecule has 36 heavy (non-hydrogen) atoms. The predicted molar refractivity (Wildman–Crippen MR) is 149 cm³/mol. The average Bonchev–Trinajstić information content (AvgIpc) is 3.40. The first-order valence-electron chi connectivity index (χ1n) is 12.4. The Hall–Kier alpha value is -4.18. The van der Waals surface area contributed by atoms with E-state index in [1.165, 1.54) is 43.7 Å². The first-order chi connectivity index (χ1) is 17.4. The van der Waals surface area contributed by atoms with Gasteiger partial charge in [-0.2, -0.15) is 0 Å². The van der Waals surface area contributed by atoms with Crippen molar-refractivity contribution in [2.75, 3.05) is 7.11 Å². The van der Waals surface area contributed by atoms with Crippen LogP contribution in [0.1, 0.15) is 30.5 Å². The molecule has 6 aromatic rings. The Morgan fingerprint density at radius 2 is 1.69 bits per heavy atom. The van der Waals surface area contributed by atoms with Gasteiger partial charge >= 0.3 is 0 Å². The van der Waals surface area contributed by atoms with Crippen molar-refractivity contribution in [2.45, 2.75) is 32.9 Å². The van der Waals surface area contributed by atoms with Gasteiger partial charge in [-0.05, 0) is 74.4 Å². The summed E-state index contributed by atoms with van der Waals surface area (Å²) in [6, 6.07) is 23.9. The molecule has 4 nitrogen and oxygen atoms in total. The molecule has 0 unspecified atom stereocenters. The van der Waals surface area contributed by atoms with E-state index in [-0.39, 0.29) is 5.60 Å². The molecule has 0 saturated carbocycles. The lowest BCUT2D eigenvalue weighted by molar-refractivity contribution is 0.158. The maximum Gasteiger partial charge on any atom is 0.143 e. The number of rotatable bonds is 3. The molecule has 0 saturated heterocycles. The molecule has 1 aliphatic rings. The summed E-state index contributed by atoms with van der Waals surface area (Å²) in [5, 5.41) is 4.91. The zero-order chi connectivity index (χ0) is 24.6. The Labute approximate surface area is 209 Å². The van der Waals surface area contributed by atoms with Crippen LogP contribution in [0, 0.1) is 6.92 Å². The van der Waals surface area contributed by atoms with E-state index >= 15 is 0 Å². The second-order valence-electron chi connectivity index (χ2n) is 10.4. The predicted octanol–water partition coefficient (Wildman–Crippen LogP) is 7.98. The Morgan fingerprint density at radius 1 is 0.917 bits per heavy atom. The summed E-state index contributed by atoms with van der Waals surface area (Å²) in [5.74, 6) is 1.84. The van der Waals surface area contributed by atoms with E-state index < -0.39 is 0 Å². The molecular formula is C32H28N2O2. The van der Waals surface area contributed by atoms with Crippen molar-refractivity contribution in [1.29, 1.82) is 0 Å². The molecule has 0 atom stereocenters. The minimum atomic E-state index is -0.323. The Balaban J connectivity index is 1.51. The van der Waals surface area contributed by atoms with Crippen LogP contribution in [0.2, 0.25) is 0 Å². The number of aromatic amines is 1. The number of hydrogen-bond acceptors (Lipinski definition) is 2. The highest BCUT2D eigenvalue weighted by atomic mass is 16.5. The van der Waals surface area contributed by atoms with Crippen LogP contribution in [-0.2, 0) is 6.54 Å². The van der Waals surface area contributed by atoms with Crippen LogP contribution in [0.5, 0.6) is 11.5 Å². The zero-order valence-electron chi connectivity index (χ0n) is 21.0. The van der Waals surface area contributed by atoms with Crippen molar-refractivity contribution in [3.63, 3.8) is 0 Å². The van der Waals surface area contributed by atoms with Gasteiger partial charge in [0.25, 0.3) is 0 Å². The normalized spacial score (nSPS) is 14.6. The number of benzene rings is 4. The van der Waals surface area contributed by atoms with E-state index in [1.807, 2.05) is 0 Å². The van der Waals surface area contributed by atoms with Crippen molar-refractivity contribution in [3.8, 4) is 11.5 Å². The van der Waals surface area contributed by atoms with Gasteiger partial charge in [-0.1, -0.05) is 36.4 Å². The van der Waals surface area contributed by atoms with E-state index in [4.69, 9.17) is 9.47 Å². The van der Waals surface area contributed by atoms with Crippen molar-refractivity contribution in [2.24, 2.45) is 0 Å². The van der Waals surface area contributed by atoms with Gasteiger partial charge in [-0.3, -0.25) is 0 Å². The number of nitrogens with zero attached hydrogens (tertiary/aromatic N) is 1. The van der Waals surface area contributed by atoms with Crippen molar-refractivity contribution >= 4 is 49.7 Å². The molecule has 0 aliphatic carbocycles. The molecule has 0 bridgehead atoms. The van der Waals surface area contributed by atoms with E-state index in [0.29, 0.717) is 0 Å². The van der Waals surface area contributed by atoms with Crippen LogP contribution in [0.15, 0.2) is 72.8 Å². The van der Waals surface area contributed by atoms with Gasteiger partial charge in [-0.25, -0.2) is 0 Å². The largest absolute Gasteiger partial charge is 0.495 e. The standard InChI is InChI=1S/C32H28N2O2/c1-19-15-25-22-10-6-8-12-27(22)34(30(25)23-13-14-32(2,3)36-31(19)23)18-20-16-24-21-9-5-7-11-26(21)33-29(24)28(17-20)35-4/h5-17,33H,18H2,1-4H3. The van der Waals surface area contributed by atoms with Crippen LogP contribution in [0.3, 0.4) is 0 Å². The fraction of sp³-hybridized carbons (Fsp3) is 0.188. The van der Waals surface area contributed by atoms with Gasteiger partial charge in [0.2, 0.25) is 0 Å². The molecule has 0 spiro atoms. The Morgan fingerprint density at radius 3 is 2.53 bits per heavy atom. The minimum absolute atomic E-state index is 0.323. The summed E-state index contributed by atoms with van der Waals surface area (Å²) in [6.45, 7) is 7.08. The number of H-pyrrole nitrogens is 1. The quantitative estimate of drug-likeness (QED) is 0.284. The zero-order valence-corrected chi connectivity index (χ0v) is 21.0. The highest BCUT2D eigenvalue weighted by molar-refractivity contribution is 6.12. The summed E-state index contributed by atoms with van der Waals surface area (Å²) in [5.41, 5.74) is 7.78. The molecule has 0 radical (unpaired) electrons. The van der Waals surface area contributed by atoms with Crippen LogP contribution in [0.4, 0.5) is 0 Å². The second-order valence-corrected chi connectivity index (χ2v) is 10.4. The molecule has 7 rings (SSSR count). The number of nitrogens with one attached hydrogen (secondary N) is 1. The van der Waals surface area contributed by atoms with Crippen molar-refractivity contribution in [1.82, 2.24) is 9.55 Å². The number of aryl methyl sites for hydroxylation is 1. The fourth-order valence-corrected chi connectivity index (χ4v) is 5.81. The van der Waals surface area contributed by atoms with Gasteiger partial charge in [-0.15, -0.1) is 0 Å². The Kier molecular flexibility index (Phi) is 4.35. The summed E-state index contributed by atoms with van der Waals surface area (Å²) in [7, 11) is 1.74. The SMILES string of the molecule is COc1cc(Cn2c3ccccc3c3cc(C)c4c(c32)C=CC(C)(C)O4)cc2c1[nH]c1ccccc12. The number of hydrogen-bond donors (Lipinski definition) is 1. The summed E-state index contributed by atoms with van der Waals surface area (Å²) in [4.78, 5) is 3.54. The highest BCUT2D eigenvalue weighted by Crippen LogP contribution is 2.43. The molecule has 4 aromatic carbocycles. The highest BCUT2D eigenvalue weighted by Gasteiger charge is 2.27. The molecule has 0 fully saturated rings. The third-order valence-corrected chi connectivity index (χ3v) is 7.44. The molecule has 2 aromatic heterocycles. The summed E-state index contributed by atoms with van der Waals surface area (Å²) in [6.07, 6.45) is 4.41. The topological polar surface area (TPSA) is 39.2 Å². The van der Waals surface area contributed by atoms with Gasteiger partial charge < -0.3 is 19.0 Å².